The average Bonchev–Trinajstić information content (AvgIpc) is 3.32. The molecule has 0 spiro atoms. The summed E-state index contributed by atoms with van der Waals surface area (Å²) in [5.41, 5.74) is -7.76. The van der Waals surface area contributed by atoms with Crippen molar-refractivity contribution >= 4 is 32.3 Å². The molecule has 0 fully saturated rings. The number of rotatable bonds is 5. The number of fused-ring (bicyclic) bond motifs is 4. The van der Waals surface area contributed by atoms with E-state index in [2.05, 4.69) is 9.97 Å². The van der Waals surface area contributed by atoms with Crippen molar-refractivity contribution in [3.63, 3.8) is 0 Å². The van der Waals surface area contributed by atoms with E-state index < -0.39 is 270 Å². The summed E-state index contributed by atoms with van der Waals surface area (Å²) in [7, 11) is 0. The second-order valence-electron chi connectivity index (χ2n) is 9.87. The molecule has 8 aromatic carbocycles. The van der Waals surface area contributed by atoms with Gasteiger partial charge in [0.25, 0.3) is 0 Å². The summed E-state index contributed by atoms with van der Waals surface area (Å²) in [5, 5.41) is -3.74. The highest BCUT2D eigenvalue weighted by Crippen LogP contribution is 2.40. The fourth-order valence-corrected chi connectivity index (χ4v) is 4.91. The quantitative estimate of drug-likeness (QED) is 0.138. The minimum atomic E-state index is -1.16. The zero-order valence-electron chi connectivity index (χ0n) is 53.9. The van der Waals surface area contributed by atoms with Gasteiger partial charge >= 0.3 is 0 Å². The highest BCUT2D eigenvalue weighted by molar-refractivity contribution is 6.20. The number of hydrogen-bond acceptors (Lipinski definition) is 2. The van der Waals surface area contributed by atoms with Gasteiger partial charge in [0.15, 0.2) is 5.82 Å². The molecular weight excluding hydrogens is 581 g/mol. The lowest BCUT2D eigenvalue weighted by Gasteiger charge is -2.15. The third-order valence-electron chi connectivity index (χ3n) is 7.06. The molecule has 0 unspecified atom stereocenters. The molecule has 0 saturated carbocycles. The van der Waals surface area contributed by atoms with Crippen molar-refractivity contribution in [2.45, 2.75) is 0 Å². The lowest BCUT2D eigenvalue weighted by atomic mass is 9.89. The summed E-state index contributed by atoms with van der Waals surface area (Å²) < 4.78 is 265. The maximum Gasteiger partial charge on any atom is 0.160 e. The molecule has 48 heavy (non-hydrogen) atoms. The van der Waals surface area contributed by atoms with E-state index in [4.69, 9.17) is 28.8 Å². The Morgan fingerprint density at radius 1 is 0.312 bits per heavy atom. The molecular formula is C46H30N2. The van der Waals surface area contributed by atoms with Crippen LogP contribution in [0.15, 0.2) is 181 Å². The smallest absolute Gasteiger partial charge is 0.160 e. The largest absolute Gasteiger partial charge is 0.228 e. The van der Waals surface area contributed by atoms with Gasteiger partial charge in [-0.2, -0.15) is 0 Å². The summed E-state index contributed by atoms with van der Waals surface area (Å²) in [4.78, 5) is 8.49. The van der Waals surface area contributed by atoms with Gasteiger partial charge in [0.1, 0.15) is 0 Å². The van der Waals surface area contributed by atoms with Crippen molar-refractivity contribution in [3.8, 4) is 56.2 Å². The van der Waals surface area contributed by atoms with E-state index in [1.54, 1.807) is 0 Å². The normalized spacial score (nSPS) is 20.1. The van der Waals surface area contributed by atoms with Crippen LogP contribution in [0.1, 0.15) is 41.1 Å². The highest BCUT2D eigenvalue weighted by atomic mass is 14.9. The Hall–Kier alpha value is -6.38. The van der Waals surface area contributed by atoms with Gasteiger partial charge in [-0.1, -0.05) is 169 Å². The van der Waals surface area contributed by atoms with Crippen molar-refractivity contribution in [3.05, 3.63) is 181 Å². The Balaban J connectivity index is 1.46. The van der Waals surface area contributed by atoms with Crippen LogP contribution in [0.3, 0.4) is 0 Å². The summed E-state index contributed by atoms with van der Waals surface area (Å²) in [6, 6.07) is -28.8. The minimum Gasteiger partial charge on any atom is -0.228 e. The summed E-state index contributed by atoms with van der Waals surface area (Å²) in [6.45, 7) is 0. The molecule has 0 radical (unpaired) electrons. The third-order valence-corrected chi connectivity index (χ3v) is 7.06. The van der Waals surface area contributed by atoms with Gasteiger partial charge in [-0.25, -0.2) is 9.97 Å². The van der Waals surface area contributed by atoms with Gasteiger partial charge in [-0.3, -0.25) is 0 Å². The molecule has 0 atom stereocenters. The van der Waals surface area contributed by atoms with Crippen molar-refractivity contribution in [1.29, 1.82) is 0 Å². The summed E-state index contributed by atoms with van der Waals surface area (Å²) in [6.07, 6.45) is 0. The van der Waals surface area contributed by atoms with E-state index in [1.807, 2.05) is 0 Å². The fourth-order valence-electron chi connectivity index (χ4n) is 4.91. The molecule has 0 bridgehead atoms. The molecule has 0 amide bonds. The zero-order valence-corrected chi connectivity index (χ0v) is 23.9. The fraction of sp³-hybridized carbons (Fsp3) is 0. The van der Waals surface area contributed by atoms with Crippen LogP contribution in [-0.2, 0) is 0 Å². The van der Waals surface area contributed by atoms with E-state index in [1.165, 1.54) is 0 Å². The first-order valence-electron chi connectivity index (χ1n) is 28.9. The van der Waals surface area contributed by atoms with E-state index in [0.29, 0.717) is 0 Å². The number of nitrogens with zero attached hydrogens (tertiary/aromatic N) is 2. The molecule has 0 N–H and O–H groups in total. The predicted molar refractivity (Wildman–Crippen MR) is 202 cm³/mol. The SMILES string of the molecule is [2H]c1c(-c2c([2H])c([2H])c(-c3c([2H])c([2H])c([2H])c([2H])c3[2H])c([2H])c2[2H])nc(-c2c([2H])c([2H])c([2H])c([2H])c2[2H])nc1-c1c([2H])c([2H])c(-c2c3c([2H])c([2H])c([2H])c([2H])c3c([2H])c3c2c([2H])c([2H])c2c([2H])c([2H])c([2H])c([2H])c23)c([2H])c1[2H]. The molecule has 2 nitrogen and oxygen atoms in total. The molecule has 0 aliphatic carbocycles. The Labute approximate surface area is 321 Å². The number of hydrogen-bond donors (Lipinski definition) is 0. The zero-order chi connectivity index (χ0) is 58.0. The van der Waals surface area contributed by atoms with E-state index >= 15 is 0 Å². The standard InChI is InChI=1S/C46H30N2/c1-3-11-31(12-4-1)32-19-21-34(22-20-32)43-30-44(48-46(47-43)37-14-5-2-6-15-37)35-23-25-36(26-24-35)45-40-18-10-8-16-38(40)29-42-39-17-9-7-13-33(39)27-28-41(42)45/h1-30H/i1D,2D,3D,4D,5D,6D,7D,8D,9D,10D,11D,12D,13D,14D,15D,16D,17D,18D,19D,20D,21D,22D,23D,24D,25D,26D,27D,28D,29D,30D. The average molecular weight is 641 g/mol. The first kappa shape index (κ1) is 10.8. The predicted octanol–water partition coefficient (Wildman–Crippen LogP) is 12.3. The van der Waals surface area contributed by atoms with E-state index in [0.717, 1.165) is 0 Å². The molecule has 224 valence electrons. The molecule has 9 aromatic rings. The Morgan fingerprint density at radius 2 is 0.812 bits per heavy atom. The molecule has 2 heteroatoms. The van der Waals surface area contributed by atoms with Crippen LogP contribution in [0.5, 0.6) is 0 Å². The number of aromatic nitrogens is 2. The lowest BCUT2D eigenvalue weighted by Crippen LogP contribution is -1.96. The van der Waals surface area contributed by atoms with Gasteiger partial charge in [-0.15, -0.1) is 0 Å². The van der Waals surface area contributed by atoms with Crippen molar-refractivity contribution in [2.75, 3.05) is 0 Å². The van der Waals surface area contributed by atoms with Gasteiger partial charge < -0.3 is 0 Å². The van der Waals surface area contributed by atoms with Gasteiger partial charge in [-0.05, 0) is 66.7 Å². The van der Waals surface area contributed by atoms with Crippen LogP contribution >= 0.6 is 0 Å². The molecule has 9 rings (SSSR count). The first-order valence-corrected chi connectivity index (χ1v) is 13.9. The Morgan fingerprint density at radius 3 is 1.48 bits per heavy atom. The maximum atomic E-state index is 9.60. The van der Waals surface area contributed by atoms with Crippen LogP contribution in [-0.4, -0.2) is 9.97 Å². The third kappa shape index (κ3) is 5.01. The highest BCUT2D eigenvalue weighted by Gasteiger charge is 2.14. The van der Waals surface area contributed by atoms with Crippen molar-refractivity contribution in [2.24, 2.45) is 0 Å². The van der Waals surface area contributed by atoms with E-state index in [-0.39, 0.29) is 0 Å². The second kappa shape index (κ2) is 11.8. The van der Waals surface area contributed by atoms with Crippen LogP contribution in [0.2, 0.25) is 0 Å². The van der Waals surface area contributed by atoms with Gasteiger partial charge in [0.05, 0.1) is 52.5 Å². The van der Waals surface area contributed by atoms with E-state index in [9.17, 15) is 12.3 Å². The molecule has 1 aromatic heterocycles. The second-order valence-corrected chi connectivity index (χ2v) is 9.87. The monoisotopic (exact) mass is 640 g/mol. The molecule has 1 heterocycles. The minimum absolute atomic E-state index is 0.562. The van der Waals surface area contributed by atoms with Crippen molar-refractivity contribution < 1.29 is 41.1 Å². The topological polar surface area (TPSA) is 25.8 Å². The van der Waals surface area contributed by atoms with Gasteiger partial charge in [0.2, 0.25) is 0 Å². The first-order chi connectivity index (χ1) is 36.3. The van der Waals surface area contributed by atoms with Crippen LogP contribution in [0, 0.1) is 0 Å². The molecule has 0 aliphatic heterocycles. The Kier molecular flexibility index (Phi) is 2.66. The lowest BCUT2D eigenvalue weighted by molar-refractivity contribution is 1.18. The summed E-state index contributed by atoms with van der Waals surface area (Å²) in [5.74, 6) is -0.933. The molecule has 0 saturated heterocycles. The van der Waals surface area contributed by atoms with Gasteiger partial charge in [0, 0.05) is 16.7 Å². The van der Waals surface area contributed by atoms with Crippen molar-refractivity contribution in [1.82, 2.24) is 9.97 Å². The Bertz CT molecular complexity index is 4210. The maximum absolute atomic E-state index is 9.60. The summed E-state index contributed by atoms with van der Waals surface area (Å²) >= 11 is 0. The van der Waals surface area contributed by atoms with Crippen LogP contribution < -0.4 is 0 Å². The molecule has 0 aliphatic rings. The number of benzene rings is 8. The van der Waals surface area contributed by atoms with Crippen LogP contribution in [0.25, 0.3) is 88.5 Å². The van der Waals surface area contributed by atoms with Crippen LogP contribution in [0.4, 0.5) is 0 Å².